The Balaban J connectivity index is 2.04. The largest absolute Gasteiger partial charge is 0.448 e. The van der Waals surface area contributed by atoms with Crippen LogP contribution < -0.4 is 5.73 Å². The number of hydrogen-bond acceptors (Lipinski definition) is 4. The van der Waals surface area contributed by atoms with Gasteiger partial charge in [0, 0.05) is 18.5 Å². The first-order chi connectivity index (χ1) is 7.20. The van der Waals surface area contributed by atoms with Crippen LogP contribution in [0.2, 0.25) is 0 Å². The van der Waals surface area contributed by atoms with Gasteiger partial charge in [0.15, 0.2) is 5.89 Å². The molecule has 0 aromatic carbocycles. The van der Waals surface area contributed by atoms with Crippen LogP contribution in [0, 0.1) is 0 Å². The number of likely N-dealkylation sites (N-methyl/N-ethyl adjacent to an activating group) is 1. The summed E-state index contributed by atoms with van der Waals surface area (Å²) in [5.41, 5.74) is 6.61. The minimum Gasteiger partial charge on any atom is -0.448 e. The number of likely N-dealkylation sites (tertiary alicyclic amines) is 1. The van der Waals surface area contributed by atoms with Crippen LogP contribution in [0.1, 0.15) is 43.8 Å². The molecule has 1 aromatic heterocycles. The van der Waals surface area contributed by atoms with Gasteiger partial charge in [0.1, 0.15) is 6.26 Å². The van der Waals surface area contributed by atoms with Gasteiger partial charge in [-0.05, 0) is 26.4 Å². The number of aromatic nitrogens is 1. The highest BCUT2D eigenvalue weighted by Gasteiger charge is 2.26. The highest BCUT2D eigenvalue weighted by molar-refractivity contribution is 5.06. The zero-order valence-corrected chi connectivity index (χ0v) is 9.44. The molecule has 15 heavy (non-hydrogen) atoms. The Morgan fingerprint density at radius 3 is 3.07 bits per heavy atom. The van der Waals surface area contributed by atoms with Crippen LogP contribution in [0.25, 0.3) is 0 Å². The average Bonchev–Trinajstić information content (AvgIpc) is 2.86. The number of rotatable bonds is 3. The predicted molar refractivity (Wildman–Crippen MR) is 58.6 cm³/mol. The Hall–Kier alpha value is -0.870. The monoisotopic (exact) mass is 209 g/mol. The highest BCUT2D eigenvalue weighted by atomic mass is 16.3. The first kappa shape index (κ1) is 10.6. The third kappa shape index (κ3) is 2.21. The molecule has 0 radical (unpaired) electrons. The maximum atomic E-state index is 5.75. The smallest absolute Gasteiger partial charge is 0.198 e. The lowest BCUT2D eigenvalue weighted by atomic mass is 10.1. The fourth-order valence-corrected chi connectivity index (χ4v) is 2.02. The first-order valence-electron chi connectivity index (χ1n) is 5.64. The Morgan fingerprint density at radius 2 is 2.53 bits per heavy atom. The summed E-state index contributed by atoms with van der Waals surface area (Å²) in [6.45, 7) is 7.43. The molecule has 0 amide bonds. The molecular formula is C11H19N3O. The van der Waals surface area contributed by atoms with Gasteiger partial charge in [-0.1, -0.05) is 6.92 Å². The van der Waals surface area contributed by atoms with Crippen LogP contribution >= 0.6 is 0 Å². The second kappa shape index (κ2) is 4.33. The van der Waals surface area contributed by atoms with E-state index in [4.69, 9.17) is 10.2 Å². The van der Waals surface area contributed by atoms with Crippen molar-refractivity contribution in [3.05, 3.63) is 17.8 Å². The van der Waals surface area contributed by atoms with Crippen molar-refractivity contribution in [2.45, 2.75) is 32.2 Å². The molecule has 0 bridgehead atoms. The summed E-state index contributed by atoms with van der Waals surface area (Å²) < 4.78 is 5.48. The van der Waals surface area contributed by atoms with Crippen LogP contribution in [-0.2, 0) is 0 Å². The van der Waals surface area contributed by atoms with Gasteiger partial charge < -0.3 is 15.1 Å². The van der Waals surface area contributed by atoms with Crippen LogP contribution in [-0.4, -0.2) is 29.5 Å². The molecule has 0 aliphatic carbocycles. The average molecular weight is 209 g/mol. The van der Waals surface area contributed by atoms with Crippen LogP contribution in [0.3, 0.4) is 0 Å². The van der Waals surface area contributed by atoms with Gasteiger partial charge in [-0.2, -0.15) is 0 Å². The van der Waals surface area contributed by atoms with Gasteiger partial charge in [-0.25, -0.2) is 4.98 Å². The summed E-state index contributed by atoms with van der Waals surface area (Å²) >= 11 is 0. The summed E-state index contributed by atoms with van der Waals surface area (Å²) in [4.78, 5) is 6.86. The van der Waals surface area contributed by atoms with Gasteiger partial charge in [-0.15, -0.1) is 0 Å². The quantitative estimate of drug-likeness (QED) is 0.819. The fraction of sp³-hybridized carbons (Fsp3) is 0.727. The molecule has 2 rings (SSSR count). The molecule has 84 valence electrons. The van der Waals surface area contributed by atoms with Crippen LogP contribution in [0.15, 0.2) is 10.7 Å². The SMILES string of the molecule is CCN1CCC(c2nc(C(C)N)co2)C1. The van der Waals surface area contributed by atoms with E-state index in [2.05, 4.69) is 16.8 Å². The number of oxazole rings is 1. The highest BCUT2D eigenvalue weighted by Crippen LogP contribution is 2.26. The number of hydrogen-bond donors (Lipinski definition) is 1. The van der Waals surface area contributed by atoms with Crippen molar-refractivity contribution in [2.75, 3.05) is 19.6 Å². The van der Waals surface area contributed by atoms with Crippen molar-refractivity contribution < 1.29 is 4.42 Å². The van der Waals surface area contributed by atoms with Crippen LogP contribution in [0.5, 0.6) is 0 Å². The van der Waals surface area contributed by atoms with Crippen molar-refractivity contribution in [3.63, 3.8) is 0 Å². The molecule has 0 spiro atoms. The molecular weight excluding hydrogens is 190 g/mol. The molecule has 4 nitrogen and oxygen atoms in total. The maximum Gasteiger partial charge on any atom is 0.198 e. The third-order valence-corrected chi connectivity index (χ3v) is 3.08. The topological polar surface area (TPSA) is 55.3 Å². The zero-order chi connectivity index (χ0) is 10.8. The van der Waals surface area contributed by atoms with E-state index in [0.717, 1.165) is 37.6 Å². The van der Waals surface area contributed by atoms with E-state index >= 15 is 0 Å². The Kier molecular flexibility index (Phi) is 3.07. The summed E-state index contributed by atoms with van der Waals surface area (Å²) in [5, 5.41) is 0. The Bertz CT molecular complexity index is 321. The molecule has 2 heterocycles. The fourth-order valence-electron chi connectivity index (χ4n) is 2.02. The van der Waals surface area contributed by atoms with E-state index < -0.39 is 0 Å². The van der Waals surface area contributed by atoms with Crippen LogP contribution in [0.4, 0.5) is 0 Å². The minimum absolute atomic E-state index is 0.0359. The van der Waals surface area contributed by atoms with Gasteiger partial charge in [0.2, 0.25) is 0 Å². The number of nitrogens with two attached hydrogens (primary N) is 1. The number of nitrogens with zero attached hydrogens (tertiary/aromatic N) is 2. The summed E-state index contributed by atoms with van der Waals surface area (Å²) in [5.74, 6) is 1.32. The molecule has 4 heteroatoms. The van der Waals surface area contributed by atoms with Crippen molar-refractivity contribution in [2.24, 2.45) is 5.73 Å². The lowest BCUT2D eigenvalue weighted by Gasteiger charge is -2.10. The van der Waals surface area contributed by atoms with Gasteiger partial charge >= 0.3 is 0 Å². The zero-order valence-electron chi connectivity index (χ0n) is 9.44. The normalized spacial score (nSPS) is 24.6. The second-order valence-electron chi connectivity index (χ2n) is 4.28. The molecule has 0 saturated carbocycles. The van der Waals surface area contributed by atoms with Gasteiger partial charge in [0.25, 0.3) is 0 Å². The second-order valence-corrected chi connectivity index (χ2v) is 4.28. The van der Waals surface area contributed by atoms with E-state index in [1.54, 1.807) is 6.26 Å². The van der Waals surface area contributed by atoms with E-state index in [0.29, 0.717) is 5.92 Å². The molecule has 2 atom stereocenters. The summed E-state index contributed by atoms with van der Waals surface area (Å²) in [6, 6.07) is -0.0359. The van der Waals surface area contributed by atoms with E-state index in [-0.39, 0.29) is 6.04 Å². The molecule has 1 fully saturated rings. The molecule has 1 aliphatic rings. The molecule has 1 aliphatic heterocycles. The Morgan fingerprint density at radius 1 is 1.73 bits per heavy atom. The molecule has 2 unspecified atom stereocenters. The van der Waals surface area contributed by atoms with Gasteiger partial charge in [-0.3, -0.25) is 0 Å². The van der Waals surface area contributed by atoms with Crippen molar-refractivity contribution in [1.82, 2.24) is 9.88 Å². The predicted octanol–water partition coefficient (Wildman–Crippen LogP) is 1.50. The maximum absolute atomic E-state index is 5.75. The van der Waals surface area contributed by atoms with E-state index in [1.165, 1.54) is 0 Å². The van der Waals surface area contributed by atoms with E-state index in [9.17, 15) is 0 Å². The van der Waals surface area contributed by atoms with E-state index in [1.807, 2.05) is 6.92 Å². The summed E-state index contributed by atoms with van der Waals surface area (Å²) in [6.07, 6.45) is 2.83. The van der Waals surface area contributed by atoms with Crippen molar-refractivity contribution >= 4 is 0 Å². The lowest BCUT2D eigenvalue weighted by Crippen LogP contribution is -2.19. The molecule has 1 aromatic rings. The minimum atomic E-state index is -0.0359. The first-order valence-corrected chi connectivity index (χ1v) is 5.64. The van der Waals surface area contributed by atoms with Crippen molar-refractivity contribution in [1.29, 1.82) is 0 Å². The van der Waals surface area contributed by atoms with Crippen molar-refractivity contribution in [3.8, 4) is 0 Å². The lowest BCUT2D eigenvalue weighted by molar-refractivity contribution is 0.344. The standard InChI is InChI=1S/C11H19N3O/c1-3-14-5-4-9(6-14)11-13-10(7-15-11)8(2)12/h7-9H,3-6,12H2,1-2H3. The summed E-state index contributed by atoms with van der Waals surface area (Å²) in [7, 11) is 0. The molecule has 1 saturated heterocycles. The van der Waals surface area contributed by atoms with Gasteiger partial charge in [0.05, 0.1) is 5.69 Å². The Labute approximate surface area is 90.5 Å². The third-order valence-electron chi connectivity index (χ3n) is 3.08. The molecule has 2 N–H and O–H groups in total.